The summed E-state index contributed by atoms with van der Waals surface area (Å²) in [5, 5.41) is 13.3. The van der Waals surface area contributed by atoms with E-state index in [-0.39, 0.29) is 18.4 Å². The van der Waals surface area contributed by atoms with Crippen molar-refractivity contribution in [1.29, 1.82) is 0 Å². The zero-order valence-corrected chi connectivity index (χ0v) is 12.7. The number of hydrogen-bond acceptors (Lipinski definition) is 4. The molecule has 0 fully saturated rings. The van der Waals surface area contributed by atoms with Gasteiger partial charge in [0.25, 0.3) is 0 Å². The Balaban J connectivity index is 3.86. The summed E-state index contributed by atoms with van der Waals surface area (Å²) >= 11 is 0. The SMILES string of the molecule is CN(C)C(C)(C)CNC(=O)NC(=O)CCCCC(=O)O. The minimum absolute atomic E-state index is 0.0382. The summed E-state index contributed by atoms with van der Waals surface area (Å²) in [6, 6.07) is -0.525. The summed E-state index contributed by atoms with van der Waals surface area (Å²) in [7, 11) is 3.82. The molecule has 3 amide bonds. The van der Waals surface area contributed by atoms with Gasteiger partial charge in [0, 0.05) is 24.9 Å². The average molecular weight is 287 g/mol. The number of nitrogens with zero attached hydrogens (tertiary/aromatic N) is 1. The van der Waals surface area contributed by atoms with Crippen LogP contribution in [0.25, 0.3) is 0 Å². The second-order valence-electron chi connectivity index (χ2n) is 5.54. The van der Waals surface area contributed by atoms with Crippen LogP contribution in [0.2, 0.25) is 0 Å². The molecule has 0 heterocycles. The van der Waals surface area contributed by atoms with E-state index in [9.17, 15) is 14.4 Å². The molecule has 7 nitrogen and oxygen atoms in total. The molecule has 0 atom stereocenters. The highest BCUT2D eigenvalue weighted by Gasteiger charge is 2.21. The molecule has 0 radical (unpaired) electrons. The molecule has 0 bridgehead atoms. The van der Waals surface area contributed by atoms with E-state index in [4.69, 9.17) is 5.11 Å². The summed E-state index contributed by atoms with van der Waals surface area (Å²) in [6.45, 7) is 4.36. The van der Waals surface area contributed by atoms with Crippen LogP contribution in [0.5, 0.6) is 0 Å². The number of carboxylic acids is 1. The van der Waals surface area contributed by atoms with E-state index in [1.807, 2.05) is 32.8 Å². The average Bonchev–Trinajstić information content (AvgIpc) is 2.32. The van der Waals surface area contributed by atoms with E-state index in [1.54, 1.807) is 0 Å². The topological polar surface area (TPSA) is 98.7 Å². The number of hydrogen-bond donors (Lipinski definition) is 3. The van der Waals surface area contributed by atoms with Crippen LogP contribution in [0.15, 0.2) is 0 Å². The number of unbranched alkanes of at least 4 members (excludes halogenated alkanes) is 1. The largest absolute Gasteiger partial charge is 0.481 e. The van der Waals surface area contributed by atoms with Crippen LogP contribution < -0.4 is 10.6 Å². The third kappa shape index (κ3) is 8.47. The van der Waals surface area contributed by atoms with Crippen molar-refractivity contribution in [1.82, 2.24) is 15.5 Å². The Morgan fingerprint density at radius 2 is 1.65 bits per heavy atom. The minimum atomic E-state index is -0.880. The summed E-state index contributed by atoms with van der Waals surface area (Å²) in [5.74, 6) is -1.27. The van der Waals surface area contributed by atoms with Crippen molar-refractivity contribution < 1.29 is 19.5 Å². The van der Waals surface area contributed by atoms with Gasteiger partial charge in [0.05, 0.1) is 0 Å². The van der Waals surface area contributed by atoms with Crippen LogP contribution in [0.1, 0.15) is 39.5 Å². The van der Waals surface area contributed by atoms with Crippen LogP contribution >= 0.6 is 0 Å². The molecule has 0 saturated carbocycles. The fourth-order valence-electron chi connectivity index (χ4n) is 1.25. The first-order valence-corrected chi connectivity index (χ1v) is 6.62. The monoisotopic (exact) mass is 287 g/mol. The molecule has 116 valence electrons. The Morgan fingerprint density at radius 1 is 1.10 bits per heavy atom. The number of amides is 3. The Hall–Kier alpha value is -1.63. The molecule has 0 aromatic rings. The van der Waals surface area contributed by atoms with Gasteiger partial charge in [0.1, 0.15) is 0 Å². The molecule has 0 aliphatic carbocycles. The molecule has 0 spiro atoms. The van der Waals surface area contributed by atoms with Crippen molar-refractivity contribution >= 4 is 17.9 Å². The van der Waals surface area contributed by atoms with E-state index < -0.39 is 17.9 Å². The fraction of sp³-hybridized carbons (Fsp3) is 0.769. The lowest BCUT2D eigenvalue weighted by Crippen LogP contribution is -2.51. The summed E-state index contributed by atoms with van der Waals surface area (Å²) in [4.78, 5) is 35.2. The highest BCUT2D eigenvalue weighted by atomic mass is 16.4. The quantitative estimate of drug-likeness (QED) is 0.573. The zero-order valence-electron chi connectivity index (χ0n) is 12.7. The number of rotatable bonds is 8. The van der Waals surface area contributed by atoms with E-state index in [0.717, 1.165) is 0 Å². The summed E-state index contributed by atoms with van der Waals surface area (Å²) in [5.41, 5.74) is -0.206. The molecule has 0 unspecified atom stereocenters. The van der Waals surface area contributed by atoms with Crippen LogP contribution in [-0.4, -0.2) is 54.1 Å². The van der Waals surface area contributed by atoms with Gasteiger partial charge in [0.2, 0.25) is 5.91 Å². The Morgan fingerprint density at radius 3 is 2.15 bits per heavy atom. The molecule has 0 aliphatic rings. The van der Waals surface area contributed by atoms with Gasteiger partial charge < -0.3 is 15.3 Å². The normalized spacial score (nSPS) is 11.2. The van der Waals surface area contributed by atoms with Crippen molar-refractivity contribution in [2.75, 3.05) is 20.6 Å². The number of carbonyl (C=O) groups is 3. The standard InChI is InChI=1S/C13H25N3O4/c1-13(2,16(3)4)9-14-12(20)15-10(17)7-5-6-8-11(18)19/h5-9H2,1-4H3,(H,18,19)(H2,14,15,17,20). The number of urea groups is 1. The lowest BCUT2D eigenvalue weighted by atomic mass is 10.1. The molecule has 20 heavy (non-hydrogen) atoms. The van der Waals surface area contributed by atoms with Crippen molar-refractivity contribution in [3.63, 3.8) is 0 Å². The molecule has 0 aromatic carbocycles. The van der Waals surface area contributed by atoms with Gasteiger partial charge in [-0.15, -0.1) is 0 Å². The second kappa shape index (κ2) is 8.52. The molecule has 0 rings (SSSR count). The molecule has 0 aromatic heterocycles. The second-order valence-corrected chi connectivity index (χ2v) is 5.54. The smallest absolute Gasteiger partial charge is 0.321 e. The molecule has 7 heteroatoms. The van der Waals surface area contributed by atoms with Gasteiger partial charge >= 0.3 is 12.0 Å². The predicted molar refractivity (Wildman–Crippen MR) is 75.4 cm³/mol. The van der Waals surface area contributed by atoms with Gasteiger partial charge in [-0.05, 0) is 40.8 Å². The van der Waals surface area contributed by atoms with Crippen molar-refractivity contribution in [3.05, 3.63) is 0 Å². The van der Waals surface area contributed by atoms with Crippen LogP contribution in [0, 0.1) is 0 Å². The fourth-order valence-corrected chi connectivity index (χ4v) is 1.25. The first-order chi connectivity index (χ1) is 9.15. The number of carbonyl (C=O) groups excluding carboxylic acids is 2. The van der Waals surface area contributed by atoms with Crippen molar-refractivity contribution in [2.45, 2.75) is 45.1 Å². The van der Waals surface area contributed by atoms with Gasteiger partial charge in [-0.25, -0.2) is 4.79 Å². The molecular weight excluding hydrogens is 262 g/mol. The van der Waals surface area contributed by atoms with Gasteiger partial charge in [-0.3, -0.25) is 14.9 Å². The Labute approximate surface area is 119 Å². The van der Waals surface area contributed by atoms with Gasteiger partial charge in [-0.2, -0.15) is 0 Å². The maximum atomic E-state index is 11.5. The predicted octanol–water partition coefficient (Wildman–Crippen LogP) is 0.797. The number of carboxylic acid groups (broad SMARTS) is 1. The first kappa shape index (κ1) is 18.4. The Bertz CT molecular complexity index is 354. The van der Waals surface area contributed by atoms with E-state index in [1.165, 1.54) is 0 Å². The molecular formula is C13H25N3O4. The van der Waals surface area contributed by atoms with E-state index in [2.05, 4.69) is 10.6 Å². The third-order valence-electron chi connectivity index (χ3n) is 3.19. The molecule has 3 N–H and O–H groups in total. The Kier molecular flexibility index (Phi) is 7.83. The van der Waals surface area contributed by atoms with Gasteiger partial charge in [-0.1, -0.05) is 0 Å². The number of nitrogens with one attached hydrogen (secondary N) is 2. The highest BCUT2D eigenvalue weighted by Crippen LogP contribution is 2.07. The maximum absolute atomic E-state index is 11.5. The zero-order chi connectivity index (χ0) is 15.8. The summed E-state index contributed by atoms with van der Waals surface area (Å²) in [6.07, 6.45) is 1.07. The van der Waals surface area contributed by atoms with Gasteiger partial charge in [0.15, 0.2) is 0 Å². The lowest BCUT2D eigenvalue weighted by Gasteiger charge is -2.32. The van der Waals surface area contributed by atoms with Crippen LogP contribution in [-0.2, 0) is 9.59 Å². The lowest BCUT2D eigenvalue weighted by molar-refractivity contribution is -0.137. The number of imide groups is 1. The third-order valence-corrected chi connectivity index (χ3v) is 3.19. The van der Waals surface area contributed by atoms with Crippen molar-refractivity contribution in [2.24, 2.45) is 0 Å². The minimum Gasteiger partial charge on any atom is -0.481 e. The molecule has 0 saturated heterocycles. The first-order valence-electron chi connectivity index (χ1n) is 6.62. The highest BCUT2D eigenvalue weighted by molar-refractivity contribution is 5.94. The summed E-state index contributed by atoms with van der Waals surface area (Å²) < 4.78 is 0. The van der Waals surface area contributed by atoms with E-state index >= 15 is 0 Å². The van der Waals surface area contributed by atoms with Crippen LogP contribution in [0.3, 0.4) is 0 Å². The number of likely N-dealkylation sites (N-methyl/N-ethyl adjacent to an activating group) is 1. The van der Waals surface area contributed by atoms with Crippen molar-refractivity contribution in [3.8, 4) is 0 Å². The van der Waals surface area contributed by atoms with E-state index in [0.29, 0.717) is 19.4 Å². The number of aliphatic carboxylic acids is 1. The van der Waals surface area contributed by atoms with Crippen LogP contribution in [0.4, 0.5) is 4.79 Å². The maximum Gasteiger partial charge on any atom is 0.321 e. The molecule has 0 aliphatic heterocycles.